The second kappa shape index (κ2) is 23.1. The average Bonchev–Trinajstić information content (AvgIpc) is 2.17. The molecule has 16 aromatic rings. The van der Waals surface area contributed by atoms with Crippen LogP contribution in [0.15, 0.2) is 309 Å². The average molecular weight is 1130 g/mol. The van der Waals surface area contributed by atoms with Crippen LogP contribution in [0.1, 0.15) is 5.56 Å². The molecule has 4 heterocycles. The number of para-hydroxylation sites is 4. The van der Waals surface area contributed by atoms with Crippen LogP contribution in [0.25, 0.3) is 146 Å². The summed E-state index contributed by atoms with van der Waals surface area (Å²) >= 11 is 0. The van der Waals surface area contributed by atoms with E-state index in [1.165, 1.54) is 32.6 Å². The van der Waals surface area contributed by atoms with Crippen molar-refractivity contribution in [2.24, 2.45) is 0 Å². The van der Waals surface area contributed by atoms with Gasteiger partial charge in [0.25, 0.3) is 0 Å². The van der Waals surface area contributed by atoms with Gasteiger partial charge in [-0.1, -0.05) is 255 Å². The third kappa shape index (κ3) is 9.98. The fourth-order valence-corrected chi connectivity index (χ4v) is 11.9. The van der Waals surface area contributed by atoms with Crippen LogP contribution in [0.2, 0.25) is 0 Å². The molecule has 0 N–H and O–H groups in total. The molecule has 9 nitrogen and oxygen atoms in total. The largest absolute Gasteiger partial charge is 0.309 e. The summed E-state index contributed by atoms with van der Waals surface area (Å²) in [6.07, 6.45) is 0. The Morgan fingerprint density at radius 1 is 0.227 bits per heavy atom. The van der Waals surface area contributed by atoms with Gasteiger partial charge < -0.3 is 9.13 Å². The number of nitrogens with zero attached hydrogens (tertiary/aromatic N) is 9. The SMILES string of the molecule is N#Cc1cc(-c2ccccc2-c2nc(-c3ccccc3)nc(-c3ccccc3)n2)cc(-n2c3ccccc3c3ccccc32)c1.c1ccc(-c2nc(-c3ccccc3)nc(-c3ccccc3-c3cccc(-n4c5ccccc5c5ccccc54)c3)n2)cc1. The molecule has 0 aliphatic heterocycles. The van der Waals surface area contributed by atoms with Crippen molar-refractivity contribution in [3.8, 4) is 108 Å². The Morgan fingerprint density at radius 3 is 0.909 bits per heavy atom. The van der Waals surface area contributed by atoms with E-state index in [2.05, 4.69) is 167 Å². The van der Waals surface area contributed by atoms with E-state index in [0.717, 1.165) is 78.0 Å². The predicted molar refractivity (Wildman–Crippen MR) is 357 cm³/mol. The number of rotatable bonds is 10. The molecule has 0 saturated carbocycles. The van der Waals surface area contributed by atoms with Crippen molar-refractivity contribution in [1.82, 2.24) is 39.0 Å². The second-order valence-corrected chi connectivity index (χ2v) is 21.3. The highest BCUT2D eigenvalue weighted by Crippen LogP contribution is 2.39. The van der Waals surface area contributed by atoms with Crippen molar-refractivity contribution in [2.75, 3.05) is 0 Å². The summed E-state index contributed by atoms with van der Waals surface area (Å²) in [6, 6.07) is 108. The first-order chi connectivity index (χ1) is 43.6. The molecule has 0 fully saturated rings. The van der Waals surface area contributed by atoms with E-state index in [0.29, 0.717) is 40.5 Å². The van der Waals surface area contributed by atoms with Gasteiger partial charge in [-0.15, -0.1) is 0 Å². The highest BCUT2D eigenvalue weighted by molar-refractivity contribution is 6.10. The summed E-state index contributed by atoms with van der Waals surface area (Å²) < 4.78 is 4.59. The van der Waals surface area contributed by atoms with Gasteiger partial charge in [-0.05, 0) is 76.9 Å². The number of aromatic nitrogens is 8. The second-order valence-electron chi connectivity index (χ2n) is 21.3. The number of hydrogen-bond acceptors (Lipinski definition) is 7. The van der Waals surface area contributed by atoms with Crippen molar-refractivity contribution < 1.29 is 0 Å². The molecular formula is C79H51N9. The number of hydrogen-bond donors (Lipinski definition) is 0. The Kier molecular flexibility index (Phi) is 13.8. The molecule has 0 atom stereocenters. The lowest BCUT2D eigenvalue weighted by molar-refractivity contribution is 1.07. The van der Waals surface area contributed by atoms with Crippen LogP contribution in [-0.4, -0.2) is 39.0 Å². The minimum atomic E-state index is 0.569. The first-order valence-electron chi connectivity index (χ1n) is 29.2. The maximum atomic E-state index is 10.2. The minimum Gasteiger partial charge on any atom is -0.309 e. The van der Waals surface area contributed by atoms with Gasteiger partial charge in [-0.2, -0.15) is 5.26 Å². The Bertz CT molecular complexity index is 5060. The van der Waals surface area contributed by atoms with Crippen molar-refractivity contribution in [1.29, 1.82) is 5.26 Å². The zero-order valence-corrected chi connectivity index (χ0v) is 47.5. The topological polar surface area (TPSA) is 111 Å². The van der Waals surface area contributed by atoms with Crippen molar-refractivity contribution >= 4 is 43.6 Å². The molecule has 0 aliphatic carbocycles. The van der Waals surface area contributed by atoms with Gasteiger partial charge in [0.05, 0.1) is 33.7 Å². The lowest BCUT2D eigenvalue weighted by atomic mass is 9.96. The number of fused-ring (bicyclic) bond motifs is 6. The van der Waals surface area contributed by atoms with Gasteiger partial charge in [0.1, 0.15) is 0 Å². The van der Waals surface area contributed by atoms with E-state index >= 15 is 0 Å². The molecule has 4 aromatic heterocycles. The quantitative estimate of drug-likeness (QED) is 0.134. The molecule has 0 amide bonds. The van der Waals surface area contributed by atoms with Crippen LogP contribution in [-0.2, 0) is 0 Å². The molecule has 0 radical (unpaired) electrons. The van der Waals surface area contributed by atoms with E-state index in [1.54, 1.807) is 0 Å². The van der Waals surface area contributed by atoms with E-state index in [1.807, 2.05) is 158 Å². The summed E-state index contributed by atoms with van der Waals surface area (Å²) in [4.78, 5) is 29.8. The zero-order chi connectivity index (χ0) is 58.8. The molecule has 0 aliphatic rings. The van der Waals surface area contributed by atoms with Gasteiger partial charge in [0, 0.05) is 66.3 Å². The first-order valence-corrected chi connectivity index (χ1v) is 29.2. The van der Waals surface area contributed by atoms with Crippen molar-refractivity contribution in [3.63, 3.8) is 0 Å². The lowest BCUT2D eigenvalue weighted by Gasteiger charge is -2.14. The van der Waals surface area contributed by atoms with Crippen LogP contribution in [0.4, 0.5) is 0 Å². The molecule has 0 saturated heterocycles. The summed E-state index contributed by atoms with van der Waals surface area (Å²) in [6.45, 7) is 0. The van der Waals surface area contributed by atoms with E-state index in [-0.39, 0.29) is 0 Å². The van der Waals surface area contributed by atoms with Crippen LogP contribution < -0.4 is 0 Å². The Labute approximate surface area is 508 Å². The summed E-state index contributed by atoms with van der Waals surface area (Å²) in [7, 11) is 0. The molecule has 88 heavy (non-hydrogen) atoms. The van der Waals surface area contributed by atoms with Gasteiger partial charge in [-0.25, -0.2) is 29.9 Å². The molecule has 0 bridgehead atoms. The maximum Gasteiger partial charge on any atom is 0.164 e. The number of benzene rings is 12. The fourth-order valence-electron chi connectivity index (χ4n) is 11.9. The van der Waals surface area contributed by atoms with Crippen molar-refractivity contribution in [2.45, 2.75) is 0 Å². The standard InChI is InChI=1S/C40H25N5.C39H26N4/c41-26-27-23-30(25-31(24-27)45-36-21-11-9-18-33(36)34-19-10-12-22-37(34)45)32-17-7-8-20-35(32)40-43-38(28-13-3-1-4-14-28)42-39(44-40)29-15-5-2-6-16-29;1-3-14-27(15-4-1)37-40-38(28-16-5-2-6-17-28)42-39(41-37)34-23-8-7-20-31(34)29-18-13-19-30(26-29)43-35-24-11-9-21-32(35)33-22-10-12-25-36(33)43/h1-25H;1-26H. The first kappa shape index (κ1) is 52.5. The van der Waals surface area contributed by atoms with Gasteiger partial charge in [0.2, 0.25) is 0 Å². The van der Waals surface area contributed by atoms with E-state index in [4.69, 9.17) is 29.9 Å². The zero-order valence-electron chi connectivity index (χ0n) is 47.5. The summed E-state index contributed by atoms with van der Waals surface area (Å²) in [5, 5.41) is 15.0. The third-order valence-electron chi connectivity index (χ3n) is 15.9. The van der Waals surface area contributed by atoms with Crippen LogP contribution in [0.5, 0.6) is 0 Å². The molecular weight excluding hydrogens is 1070 g/mol. The third-order valence-corrected chi connectivity index (χ3v) is 15.9. The van der Waals surface area contributed by atoms with Gasteiger partial charge in [-0.3, -0.25) is 0 Å². The van der Waals surface area contributed by atoms with Crippen LogP contribution in [0, 0.1) is 11.3 Å². The molecule has 9 heteroatoms. The lowest BCUT2D eigenvalue weighted by Crippen LogP contribution is -2.01. The predicted octanol–water partition coefficient (Wildman–Crippen LogP) is 19.1. The normalized spacial score (nSPS) is 11.2. The highest BCUT2D eigenvalue weighted by Gasteiger charge is 2.21. The Balaban J connectivity index is 0.000000148. The molecule has 16 rings (SSSR count). The Hall–Kier alpha value is -12.3. The molecule has 412 valence electrons. The monoisotopic (exact) mass is 1130 g/mol. The van der Waals surface area contributed by atoms with E-state index < -0.39 is 0 Å². The smallest absolute Gasteiger partial charge is 0.164 e. The summed E-state index contributed by atoms with van der Waals surface area (Å²) in [5.41, 5.74) is 16.7. The summed E-state index contributed by atoms with van der Waals surface area (Å²) in [5.74, 6) is 3.72. The fraction of sp³-hybridized carbons (Fsp3) is 0. The molecule has 0 spiro atoms. The minimum absolute atomic E-state index is 0.569. The van der Waals surface area contributed by atoms with Gasteiger partial charge in [0.15, 0.2) is 34.9 Å². The maximum absolute atomic E-state index is 10.2. The molecule has 12 aromatic carbocycles. The Morgan fingerprint density at radius 2 is 0.523 bits per heavy atom. The molecule has 0 unspecified atom stereocenters. The van der Waals surface area contributed by atoms with Gasteiger partial charge >= 0.3 is 0 Å². The van der Waals surface area contributed by atoms with Crippen LogP contribution in [0.3, 0.4) is 0 Å². The van der Waals surface area contributed by atoms with E-state index in [9.17, 15) is 5.26 Å². The van der Waals surface area contributed by atoms with Crippen molar-refractivity contribution in [3.05, 3.63) is 315 Å². The van der Waals surface area contributed by atoms with Crippen LogP contribution >= 0.6 is 0 Å². The number of nitriles is 1. The highest BCUT2D eigenvalue weighted by atomic mass is 15.0.